The van der Waals surface area contributed by atoms with Crippen molar-refractivity contribution in [3.05, 3.63) is 48.0 Å². The van der Waals surface area contributed by atoms with Crippen molar-refractivity contribution in [2.45, 2.75) is 17.2 Å². The summed E-state index contributed by atoms with van der Waals surface area (Å²) >= 11 is 2.95. The van der Waals surface area contributed by atoms with Crippen molar-refractivity contribution >= 4 is 61.5 Å². The van der Waals surface area contributed by atoms with E-state index in [1.807, 2.05) is 35.2 Å². The van der Waals surface area contributed by atoms with Crippen LogP contribution < -0.4 is 4.90 Å². The second kappa shape index (κ2) is 8.60. The molecule has 0 saturated carbocycles. The summed E-state index contributed by atoms with van der Waals surface area (Å²) in [5, 5.41) is 0. The Labute approximate surface area is 173 Å². The van der Waals surface area contributed by atoms with Crippen LogP contribution in [0.1, 0.15) is 12.0 Å². The van der Waals surface area contributed by atoms with Gasteiger partial charge in [0.2, 0.25) is 5.91 Å². The molecule has 1 aromatic heterocycles. The Morgan fingerprint density at radius 1 is 1.36 bits per heavy atom. The van der Waals surface area contributed by atoms with E-state index in [0.717, 1.165) is 39.6 Å². The smallest absolute Gasteiger partial charge is 0.237 e. The van der Waals surface area contributed by atoms with Crippen LogP contribution in [0.25, 0.3) is 10.2 Å². The van der Waals surface area contributed by atoms with Crippen molar-refractivity contribution in [2.24, 2.45) is 4.36 Å². The molecule has 4 rings (SSSR count). The summed E-state index contributed by atoms with van der Waals surface area (Å²) in [6.07, 6.45) is 2.01. The van der Waals surface area contributed by atoms with Gasteiger partial charge in [0, 0.05) is 25.0 Å². The standard InChI is InChI=1S/C19H18N3O3S3/c1-25-28(24)21-14-8-9-15-17(11-14)27-19(20-15)26-12-18(23)22-10-4-6-13-5-2-3-7-16(13)22/h2-3,5,7-9,11H,4,6,10,12H2,1H3/q-1. The summed E-state index contributed by atoms with van der Waals surface area (Å²) in [5.74, 6) is 0.446. The van der Waals surface area contributed by atoms with E-state index in [1.54, 1.807) is 6.07 Å². The lowest BCUT2D eigenvalue weighted by Crippen LogP contribution is -2.36. The number of rotatable bonds is 5. The van der Waals surface area contributed by atoms with Gasteiger partial charge in [0.05, 0.1) is 16.0 Å². The number of thioether (sulfide) groups is 1. The fourth-order valence-electron chi connectivity index (χ4n) is 3.13. The van der Waals surface area contributed by atoms with E-state index in [4.69, 9.17) is 0 Å². The van der Waals surface area contributed by atoms with E-state index in [0.29, 0.717) is 11.4 Å². The number of hydrogen-bond acceptors (Lipinski definition) is 8. The minimum atomic E-state index is -1.69. The number of anilines is 1. The van der Waals surface area contributed by atoms with Crippen LogP contribution in [-0.4, -0.2) is 30.3 Å². The fourth-order valence-corrected chi connectivity index (χ4v) is 5.47. The van der Waals surface area contributed by atoms with Gasteiger partial charge in [-0.05, 0) is 42.7 Å². The van der Waals surface area contributed by atoms with Gasteiger partial charge < -0.3 is 17.7 Å². The Balaban J connectivity index is 1.47. The summed E-state index contributed by atoms with van der Waals surface area (Å²) in [7, 11) is -0.346. The number of para-hydroxylation sites is 1. The zero-order valence-electron chi connectivity index (χ0n) is 15.2. The maximum absolute atomic E-state index is 12.8. The lowest BCUT2D eigenvalue weighted by atomic mass is 10.0. The molecule has 0 radical (unpaired) electrons. The molecule has 0 spiro atoms. The monoisotopic (exact) mass is 432 g/mol. The van der Waals surface area contributed by atoms with Crippen LogP contribution in [0.15, 0.2) is 51.2 Å². The van der Waals surface area contributed by atoms with Gasteiger partial charge in [-0.15, -0.1) is 11.3 Å². The van der Waals surface area contributed by atoms with Crippen molar-refractivity contribution in [2.75, 3.05) is 24.3 Å². The number of nitrogens with zero attached hydrogens (tertiary/aromatic N) is 3. The maximum atomic E-state index is 12.8. The Bertz CT molecular complexity index is 1110. The molecule has 0 atom stereocenters. The Morgan fingerprint density at radius 2 is 2.21 bits per heavy atom. The molecule has 0 saturated heterocycles. The van der Waals surface area contributed by atoms with Crippen LogP contribution in [0.2, 0.25) is 0 Å². The van der Waals surface area contributed by atoms with E-state index in [2.05, 4.69) is 19.6 Å². The number of aryl methyl sites for hydroxylation is 1. The average molecular weight is 433 g/mol. The Hall–Kier alpha value is -1.94. The highest BCUT2D eigenvalue weighted by Gasteiger charge is 2.22. The van der Waals surface area contributed by atoms with Crippen LogP contribution >= 0.6 is 23.1 Å². The molecule has 1 aliphatic heterocycles. The molecule has 0 bridgehead atoms. The van der Waals surface area contributed by atoms with E-state index < -0.39 is 10.9 Å². The predicted octanol–water partition coefficient (Wildman–Crippen LogP) is 4.71. The van der Waals surface area contributed by atoms with Gasteiger partial charge in [-0.25, -0.2) is 4.98 Å². The number of fused-ring (bicyclic) bond motifs is 2. The lowest BCUT2D eigenvalue weighted by Gasteiger charge is -2.29. The molecule has 0 fully saturated rings. The largest absolute Gasteiger partial charge is 0.441 e. The molecular formula is C19H18N3O3S3-. The van der Waals surface area contributed by atoms with Crippen LogP contribution in [0.5, 0.6) is 0 Å². The minimum absolute atomic E-state index is 0.0996. The molecule has 3 aromatic rings. The van der Waals surface area contributed by atoms with Crippen molar-refractivity contribution < 1.29 is 13.2 Å². The Morgan fingerprint density at radius 3 is 3.07 bits per heavy atom. The second-order valence-electron chi connectivity index (χ2n) is 6.17. The van der Waals surface area contributed by atoms with Crippen molar-refractivity contribution in [3.8, 4) is 0 Å². The third kappa shape index (κ3) is 4.22. The van der Waals surface area contributed by atoms with Crippen LogP contribution in [0.3, 0.4) is 0 Å². The third-order valence-electron chi connectivity index (χ3n) is 4.41. The average Bonchev–Trinajstić information content (AvgIpc) is 3.13. The number of carbonyl (C=O) groups is 1. The van der Waals surface area contributed by atoms with E-state index >= 15 is 0 Å². The Kier molecular flexibility index (Phi) is 5.96. The normalized spacial score (nSPS) is 15.0. The van der Waals surface area contributed by atoms with Gasteiger partial charge in [-0.3, -0.25) is 4.79 Å². The number of benzene rings is 2. The summed E-state index contributed by atoms with van der Waals surface area (Å²) in [5.41, 5.74) is 3.68. The first-order chi connectivity index (χ1) is 13.6. The third-order valence-corrected chi connectivity index (χ3v) is 7.20. The van der Waals surface area contributed by atoms with Crippen LogP contribution in [0.4, 0.5) is 11.4 Å². The molecule has 0 aliphatic carbocycles. The molecule has 2 heterocycles. The number of carbonyl (C=O) groups excluding carboxylic acids is 1. The summed E-state index contributed by atoms with van der Waals surface area (Å²) in [6, 6.07) is 13.5. The van der Waals surface area contributed by atoms with E-state index in [-0.39, 0.29) is 5.91 Å². The summed E-state index contributed by atoms with van der Waals surface area (Å²) in [4.78, 5) is 19.2. The van der Waals surface area contributed by atoms with Gasteiger partial charge in [-0.2, -0.15) is 0 Å². The molecule has 2 aromatic carbocycles. The quantitative estimate of drug-likeness (QED) is 0.431. The van der Waals surface area contributed by atoms with Crippen molar-refractivity contribution in [1.29, 1.82) is 0 Å². The van der Waals surface area contributed by atoms with Crippen molar-refractivity contribution in [3.63, 3.8) is 0 Å². The molecule has 6 nitrogen and oxygen atoms in total. The first-order valence-electron chi connectivity index (χ1n) is 8.74. The zero-order chi connectivity index (χ0) is 19.5. The van der Waals surface area contributed by atoms with E-state index in [1.165, 1.54) is 35.8 Å². The number of amides is 1. The van der Waals surface area contributed by atoms with Gasteiger partial charge in [0.15, 0.2) is 4.34 Å². The van der Waals surface area contributed by atoms with Crippen molar-refractivity contribution in [1.82, 2.24) is 4.98 Å². The predicted molar refractivity (Wildman–Crippen MR) is 115 cm³/mol. The van der Waals surface area contributed by atoms with Crippen LogP contribution in [-0.2, 0) is 30.5 Å². The highest BCUT2D eigenvalue weighted by atomic mass is 32.2. The molecule has 146 valence electrons. The topological polar surface area (TPSA) is 71.9 Å². The first-order valence-corrected chi connectivity index (χ1v) is 11.6. The minimum Gasteiger partial charge on any atom is -0.441 e. The first kappa shape index (κ1) is 19.4. The highest BCUT2D eigenvalue weighted by Crippen LogP contribution is 2.33. The fraction of sp³-hybridized carbons (Fsp3) is 0.263. The summed E-state index contributed by atoms with van der Waals surface area (Å²) < 4.78 is 21.8. The summed E-state index contributed by atoms with van der Waals surface area (Å²) in [6.45, 7) is 0.762. The van der Waals surface area contributed by atoms with E-state index in [9.17, 15) is 9.00 Å². The molecule has 0 unspecified atom stereocenters. The molecule has 1 amide bonds. The second-order valence-corrected chi connectivity index (χ2v) is 9.38. The maximum Gasteiger partial charge on any atom is 0.237 e. The molecule has 0 N–H and O–H groups in total. The molecule has 9 heteroatoms. The van der Waals surface area contributed by atoms with Crippen LogP contribution in [0, 0.1) is 0 Å². The van der Waals surface area contributed by atoms with Gasteiger partial charge in [0.25, 0.3) is 0 Å². The highest BCUT2D eigenvalue weighted by molar-refractivity contribution is 8.01. The SMILES string of the molecule is CO[S-](=O)=Nc1ccc2nc(SCC(=O)N3CCCc4ccccc43)sc2c1. The number of hydrogen-bond donors (Lipinski definition) is 0. The molecular weight excluding hydrogens is 414 g/mol. The van der Waals surface area contributed by atoms with Gasteiger partial charge in [0.1, 0.15) is 0 Å². The molecule has 28 heavy (non-hydrogen) atoms. The van der Waals surface area contributed by atoms with Gasteiger partial charge in [-0.1, -0.05) is 40.8 Å². The number of aromatic nitrogens is 1. The zero-order valence-corrected chi connectivity index (χ0v) is 17.6. The van der Waals surface area contributed by atoms with Gasteiger partial charge >= 0.3 is 0 Å². The number of thiazole rings is 1. The molecule has 1 aliphatic rings. The lowest BCUT2D eigenvalue weighted by molar-refractivity contribution is -0.116.